The van der Waals surface area contributed by atoms with Crippen LogP contribution in [0.3, 0.4) is 0 Å². The van der Waals surface area contributed by atoms with Crippen molar-refractivity contribution < 1.29 is 19.1 Å². The summed E-state index contributed by atoms with van der Waals surface area (Å²) in [5.41, 5.74) is 0.902. The molecule has 6 heteroatoms. The maximum absolute atomic E-state index is 11.8. The van der Waals surface area contributed by atoms with Gasteiger partial charge in [0.2, 0.25) is 11.8 Å². The second-order valence-electron chi connectivity index (χ2n) is 4.41. The summed E-state index contributed by atoms with van der Waals surface area (Å²) in [5.74, 6) is -0.192. The van der Waals surface area contributed by atoms with Gasteiger partial charge in [0, 0.05) is 31.8 Å². The minimum atomic E-state index is -0.358. The zero-order chi connectivity index (χ0) is 13.8. The Kier molecular flexibility index (Phi) is 3.99. The summed E-state index contributed by atoms with van der Waals surface area (Å²) >= 11 is 0. The number of pyridine rings is 1. The van der Waals surface area contributed by atoms with Gasteiger partial charge in [-0.15, -0.1) is 0 Å². The Hall–Kier alpha value is -2.11. The third kappa shape index (κ3) is 3.01. The van der Waals surface area contributed by atoms with Crippen LogP contribution in [-0.2, 0) is 20.9 Å². The van der Waals surface area contributed by atoms with Gasteiger partial charge in [-0.2, -0.15) is 0 Å². The van der Waals surface area contributed by atoms with Crippen LogP contribution in [-0.4, -0.2) is 42.5 Å². The zero-order valence-corrected chi connectivity index (χ0v) is 11.0. The van der Waals surface area contributed by atoms with E-state index in [4.69, 9.17) is 4.74 Å². The van der Waals surface area contributed by atoms with Gasteiger partial charge in [-0.3, -0.25) is 9.59 Å². The van der Waals surface area contributed by atoms with Crippen LogP contribution in [0.15, 0.2) is 18.3 Å². The minimum Gasteiger partial charge on any atom is -0.481 e. The fourth-order valence-corrected chi connectivity index (χ4v) is 2.10. The Morgan fingerprint density at radius 2 is 2.26 bits per heavy atom. The largest absolute Gasteiger partial charge is 0.481 e. The molecular formula is C13H16N2O4. The first-order valence-corrected chi connectivity index (χ1v) is 5.98. The minimum absolute atomic E-state index is 0.0359. The monoisotopic (exact) mass is 264 g/mol. The number of amides is 1. The van der Waals surface area contributed by atoms with E-state index in [1.54, 1.807) is 24.3 Å². The molecule has 1 fully saturated rings. The Morgan fingerprint density at radius 1 is 1.47 bits per heavy atom. The number of likely N-dealkylation sites (tertiary alicyclic amines) is 1. The van der Waals surface area contributed by atoms with Crippen molar-refractivity contribution in [3.8, 4) is 5.88 Å². The molecule has 0 aliphatic carbocycles. The number of aromatic nitrogens is 1. The van der Waals surface area contributed by atoms with E-state index in [0.717, 1.165) is 5.56 Å². The molecule has 19 heavy (non-hydrogen) atoms. The number of hydrogen-bond acceptors (Lipinski definition) is 5. The molecule has 0 radical (unpaired) electrons. The van der Waals surface area contributed by atoms with Crippen LogP contribution in [0.5, 0.6) is 5.88 Å². The average Bonchev–Trinajstić information content (AvgIpc) is 2.80. The number of carbonyl (C=O) groups is 2. The second kappa shape index (κ2) is 5.69. The first kappa shape index (κ1) is 13.3. The molecule has 1 aromatic rings. The molecule has 0 saturated carbocycles. The van der Waals surface area contributed by atoms with Crippen LogP contribution >= 0.6 is 0 Å². The third-order valence-corrected chi connectivity index (χ3v) is 3.13. The predicted molar refractivity (Wildman–Crippen MR) is 66.3 cm³/mol. The highest BCUT2D eigenvalue weighted by Crippen LogP contribution is 2.21. The predicted octanol–water partition coefficient (Wildman–Crippen LogP) is 0.612. The number of methoxy groups -OCH3 is 2. The molecule has 2 rings (SSSR count). The van der Waals surface area contributed by atoms with Crippen molar-refractivity contribution >= 4 is 11.9 Å². The molecule has 1 aliphatic heterocycles. The molecule has 1 atom stereocenters. The van der Waals surface area contributed by atoms with E-state index in [0.29, 0.717) is 19.0 Å². The van der Waals surface area contributed by atoms with Crippen LogP contribution in [0, 0.1) is 5.92 Å². The van der Waals surface area contributed by atoms with Gasteiger partial charge in [0.1, 0.15) is 0 Å². The van der Waals surface area contributed by atoms with Crippen LogP contribution in [0.4, 0.5) is 0 Å². The van der Waals surface area contributed by atoms with Crippen molar-refractivity contribution in [2.45, 2.75) is 13.0 Å². The van der Waals surface area contributed by atoms with Crippen molar-refractivity contribution in [2.24, 2.45) is 5.92 Å². The fraction of sp³-hybridized carbons (Fsp3) is 0.462. The molecule has 2 heterocycles. The maximum Gasteiger partial charge on any atom is 0.310 e. The van der Waals surface area contributed by atoms with Crippen molar-refractivity contribution in [3.05, 3.63) is 23.9 Å². The summed E-state index contributed by atoms with van der Waals surface area (Å²) in [6, 6.07) is 3.60. The summed E-state index contributed by atoms with van der Waals surface area (Å²) in [6.07, 6.45) is 1.88. The first-order chi connectivity index (χ1) is 9.13. The van der Waals surface area contributed by atoms with Gasteiger partial charge in [-0.1, -0.05) is 6.07 Å². The topological polar surface area (TPSA) is 68.7 Å². The van der Waals surface area contributed by atoms with E-state index in [2.05, 4.69) is 9.72 Å². The highest BCUT2D eigenvalue weighted by molar-refractivity contribution is 5.86. The molecule has 0 spiro atoms. The molecule has 0 aromatic carbocycles. The van der Waals surface area contributed by atoms with Crippen molar-refractivity contribution in [1.82, 2.24) is 9.88 Å². The van der Waals surface area contributed by atoms with Gasteiger partial charge in [-0.05, 0) is 5.56 Å². The van der Waals surface area contributed by atoms with Crippen LogP contribution in [0.25, 0.3) is 0 Å². The lowest BCUT2D eigenvalue weighted by Crippen LogP contribution is -2.26. The molecule has 102 valence electrons. The molecule has 6 nitrogen and oxygen atoms in total. The van der Waals surface area contributed by atoms with Gasteiger partial charge in [0.05, 0.1) is 20.1 Å². The maximum atomic E-state index is 11.8. The first-order valence-electron chi connectivity index (χ1n) is 5.98. The SMILES string of the molecule is COC(=O)C1CC(=O)N(Cc2ccc(OC)nc2)C1. The van der Waals surface area contributed by atoms with E-state index in [-0.39, 0.29) is 24.2 Å². The Bertz CT molecular complexity index is 472. The number of carbonyl (C=O) groups excluding carboxylic acids is 2. The summed E-state index contributed by atoms with van der Waals surface area (Å²) in [5, 5.41) is 0. The second-order valence-corrected chi connectivity index (χ2v) is 4.41. The highest BCUT2D eigenvalue weighted by Gasteiger charge is 2.34. The number of hydrogen-bond donors (Lipinski definition) is 0. The summed E-state index contributed by atoms with van der Waals surface area (Å²) in [7, 11) is 2.88. The van der Waals surface area contributed by atoms with Crippen LogP contribution < -0.4 is 4.74 Å². The zero-order valence-electron chi connectivity index (χ0n) is 11.0. The van der Waals surface area contributed by atoms with E-state index in [1.807, 2.05) is 6.07 Å². The van der Waals surface area contributed by atoms with E-state index in [1.165, 1.54) is 7.11 Å². The van der Waals surface area contributed by atoms with Gasteiger partial charge in [-0.25, -0.2) is 4.98 Å². The normalized spacial score (nSPS) is 18.5. The number of esters is 1. The Balaban J connectivity index is 1.99. The van der Waals surface area contributed by atoms with Crippen molar-refractivity contribution in [1.29, 1.82) is 0 Å². The number of nitrogens with zero attached hydrogens (tertiary/aromatic N) is 2. The molecule has 1 aliphatic rings. The highest BCUT2D eigenvalue weighted by atomic mass is 16.5. The third-order valence-electron chi connectivity index (χ3n) is 3.13. The molecule has 0 N–H and O–H groups in total. The Morgan fingerprint density at radius 3 is 2.84 bits per heavy atom. The molecule has 1 amide bonds. The van der Waals surface area contributed by atoms with Gasteiger partial charge in [0.25, 0.3) is 0 Å². The van der Waals surface area contributed by atoms with E-state index in [9.17, 15) is 9.59 Å². The quantitative estimate of drug-likeness (QED) is 0.745. The lowest BCUT2D eigenvalue weighted by atomic mass is 10.1. The molecular weight excluding hydrogens is 248 g/mol. The molecule has 1 aromatic heterocycles. The fourth-order valence-electron chi connectivity index (χ4n) is 2.10. The van der Waals surface area contributed by atoms with Crippen molar-refractivity contribution in [3.63, 3.8) is 0 Å². The van der Waals surface area contributed by atoms with E-state index < -0.39 is 0 Å². The number of ether oxygens (including phenoxy) is 2. The van der Waals surface area contributed by atoms with Crippen molar-refractivity contribution in [2.75, 3.05) is 20.8 Å². The number of rotatable bonds is 4. The van der Waals surface area contributed by atoms with E-state index >= 15 is 0 Å². The lowest BCUT2D eigenvalue weighted by Gasteiger charge is -2.16. The van der Waals surface area contributed by atoms with Crippen LogP contribution in [0.1, 0.15) is 12.0 Å². The molecule has 1 unspecified atom stereocenters. The van der Waals surface area contributed by atoms with Gasteiger partial charge < -0.3 is 14.4 Å². The summed E-state index contributed by atoms with van der Waals surface area (Å²) in [4.78, 5) is 28.9. The standard InChI is InChI=1S/C13H16N2O4/c1-18-11-4-3-9(6-14-11)7-15-8-10(5-12(15)16)13(17)19-2/h3-4,6,10H,5,7-8H2,1-2H3. The summed E-state index contributed by atoms with van der Waals surface area (Å²) < 4.78 is 9.64. The molecule has 1 saturated heterocycles. The average molecular weight is 264 g/mol. The summed E-state index contributed by atoms with van der Waals surface area (Å²) in [6.45, 7) is 0.848. The lowest BCUT2D eigenvalue weighted by molar-refractivity contribution is -0.145. The molecule has 0 bridgehead atoms. The van der Waals surface area contributed by atoms with Crippen LogP contribution in [0.2, 0.25) is 0 Å². The van der Waals surface area contributed by atoms with Gasteiger partial charge in [0.15, 0.2) is 0 Å². The smallest absolute Gasteiger partial charge is 0.310 e. The Labute approximate surface area is 111 Å². The van der Waals surface area contributed by atoms with Gasteiger partial charge >= 0.3 is 5.97 Å².